The molecule has 0 radical (unpaired) electrons. The van der Waals surface area contributed by atoms with Crippen molar-refractivity contribution in [3.05, 3.63) is 59.7 Å². The summed E-state index contributed by atoms with van der Waals surface area (Å²) in [5.41, 5.74) is 1.18. The summed E-state index contributed by atoms with van der Waals surface area (Å²) in [4.78, 5) is 12.0. The van der Waals surface area contributed by atoms with Crippen molar-refractivity contribution < 1.29 is 9.18 Å². The Morgan fingerprint density at radius 1 is 1.26 bits per heavy atom. The van der Waals surface area contributed by atoms with Gasteiger partial charge < -0.3 is 9.88 Å². The summed E-state index contributed by atoms with van der Waals surface area (Å²) in [5.74, 6) is -0.232. The molecule has 1 N–H and O–H groups in total. The van der Waals surface area contributed by atoms with Crippen LogP contribution in [0.25, 0.3) is 0 Å². The maximum absolute atomic E-state index is 13.6. The first-order valence-corrected chi connectivity index (χ1v) is 6.35. The van der Waals surface area contributed by atoms with Crippen molar-refractivity contribution in [2.45, 2.75) is 13.5 Å². The monoisotopic (exact) mass is 260 g/mol. The fourth-order valence-electron chi connectivity index (χ4n) is 1.94. The maximum atomic E-state index is 13.6. The summed E-state index contributed by atoms with van der Waals surface area (Å²) in [6, 6.07) is 10.2. The van der Waals surface area contributed by atoms with Crippen molar-refractivity contribution in [1.29, 1.82) is 0 Å². The van der Waals surface area contributed by atoms with Gasteiger partial charge in [0.25, 0.3) is 0 Å². The molecule has 19 heavy (non-hydrogen) atoms. The quantitative estimate of drug-likeness (QED) is 0.810. The Bertz CT molecular complexity index is 563. The zero-order valence-electron chi connectivity index (χ0n) is 10.9. The number of nitrogens with one attached hydrogen (secondary N) is 1. The highest BCUT2D eigenvalue weighted by Crippen LogP contribution is 2.11. The molecule has 1 aromatic carbocycles. The molecule has 0 saturated heterocycles. The van der Waals surface area contributed by atoms with Crippen molar-refractivity contribution >= 4 is 5.78 Å². The first-order valence-electron chi connectivity index (χ1n) is 6.35. The highest BCUT2D eigenvalue weighted by Gasteiger charge is 2.11. The van der Waals surface area contributed by atoms with Crippen molar-refractivity contribution in [3.63, 3.8) is 0 Å². The summed E-state index contributed by atoms with van der Waals surface area (Å²) in [6.07, 6.45) is 1.80. The third kappa shape index (κ3) is 3.29. The van der Waals surface area contributed by atoms with Crippen LogP contribution >= 0.6 is 0 Å². The van der Waals surface area contributed by atoms with E-state index in [2.05, 4.69) is 5.32 Å². The van der Waals surface area contributed by atoms with Crippen LogP contribution in [-0.4, -0.2) is 23.4 Å². The van der Waals surface area contributed by atoms with Crippen LogP contribution in [0.4, 0.5) is 4.39 Å². The highest BCUT2D eigenvalue weighted by atomic mass is 19.1. The van der Waals surface area contributed by atoms with E-state index in [9.17, 15) is 9.18 Å². The fraction of sp³-hybridized carbons (Fsp3) is 0.267. The molecule has 0 amide bonds. The number of hydrogen-bond donors (Lipinski definition) is 1. The average Bonchev–Trinajstić information content (AvgIpc) is 2.87. The smallest absolute Gasteiger partial charge is 0.192 e. The predicted octanol–water partition coefficient (Wildman–Crippen LogP) is 2.47. The Morgan fingerprint density at radius 3 is 2.79 bits per heavy atom. The van der Waals surface area contributed by atoms with Crippen molar-refractivity contribution in [3.8, 4) is 0 Å². The molecule has 2 aromatic rings. The lowest BCUT2D eigenvalue weighted by Gasteiger charge is -2.09. The van der Waals surface area contributed by atoms with Crippen molar-refractivity contribution in [2.24, 2.45) is 0 Å². The lowest BCUT2D eigenvalue weighted by Crippen LogP contribution is -2.24. The van der Waals surface area contributed by atoms with E-state index in [1.807, 2.05) is 6.92 Å². The number of nitrogens with zero attached hydrogens (tertiary/aromatic N) is 1. The summed E-state index contributed by atoms with van der Waals surface area (Å²) >= 11 is 0. The number of carbonyl (C=O) groups is 1. The van der Waals surface area contributed by atoms with Gasteiger partial charge in [0.05, 0.1) is 18.8 Å². The molecule has 0 aliphatic heterocycles. The largest absolute Gasteiger partial charge is 0.341 e. The molecular formula is C15H17FN2O. The van der Waals surface area contributed by atoms with Crippen LogP contribution in [0.15, 0.2) is 42.6 Å². The Morgan fingerprint density at radius 2 is 2.05 bits per heavy atom. The number of rotatable bonds is 6. The number of ketones is 1. The van der Waals surface area contributed by atoms with E-state index in [-0.39, 0.29) is 11.6 Å². The van der Waals surface area contributed by atoms with E-state index in [1.165, 1.54) is 6.07 Å². The molecule has 2 rings (SSSR count). The minimum absolute atomic E-state index is 0.0168. The van der Waals surface area contributed by atoms with Crippen LogP contribution in [0.2, 0.25) is 0 Å². The summed E-state index contributed by atoms with van der Waals surface area (Å²) in [6.45, 7) is 3.37. The Labute approximate surface area is 112 Å². The predicted molar refractivity (Wildman–Crippen MR) is 72.8 cm³/mol. The number of benzene rings is 1. The minimum atomic E-state index is -0.249. The van der Waals surface area contributed by atoms with Crippen molar-refractivity contribution in [1.82, 2.24) is 9.88 Å². The molecule has 1 heterocycles. The maximum Gasteiger partial charge on any atom is 0.192 e. The molecule has 0 atom stereocenters. The number of Topliss-reactive ketones (excluding diaryl/α,β-unsaturated/α-hetero) is 1. The van der Waals surface area contributed by atoms with Gasteiger partial charge in [-0.05, 0) is 24.7 Å². The third-order valence-electron chi connectivity index (χ3n) is 2.95. The van der Waals surface area contributed by atoms with E-state index in [0.717, 1.165) is 6.54 Å². The standard InChI is InChI=1S/C15H17FN2O/c1-2-17-10-15(19)14-8-5-9-18(14)11-12-6-3-4-7-13(12)16/h3-9,17H,2,10-11H2,1H3. The SMILES string of the molecule is CCNCC(=O)c1cccn1Cc1ccccc1F. The molecule has 4 heteroatoms. The number of hydrogen-bond acceptors (Lipinski definition) is 2. The van der Waals surface area contributed by atoms with Gasteiger partial charge in [0.1, 0.15) is 5.82 Å². The van der Waals surface area contributed by atoms with Gasteiger partial charge in [0.15, 0.2) is 5.78 Å². The van der Waals surface area contributed by atoms with E-state index < -0.39 is 0 Å². The first-order chi connectivity index (χ1) is 9.22. The van der Waals surface area contributed by atoms with Gasteiger partial charge in [0, 0.05) is 11.8 Å². The lowest BCUT2D eigenvalue weighted by molar-refractivity contribution is 0.0983. The van der Waals surface area contributed by atoms with E-state index in [4.69, 9.17) is 0 Å². The Hall–Kier alpha value is -1.94. The molecule has 0 unspecified atom stereocenters. The molecule has 0 saturated carbocycles. The molecule has 0 spiro atoms. The van der Waals surface area contributed by atoms with Gasteiger partial charge in [-0.15, -0.1) is 0 Å². The molecular weight excluding hydrogens is 243 g/mol. The minimum Gasteiger partial charge on any atom is -0.341 e. The second kappa shape index (κ2) is 6.29. The zero-order valence-corrected chi connectivity index (χ0v) is 10.9. The summed E-state index contributed by atoms with van der Waals surface area (Å²) in [7, 11) is 0. The van der Waals surface area contributed by atoms with Crippen LogP contribution in [0, 0.1) is 5.82 Å². The van der Waals surface area contributed by atoms with Gasteiger partial charge in [0.2, 0.25) is 0 Å². The van der Waals surface area contributed by atoms with Crippen LogP contribution in [0.5, 0.6) is 0 Å². The van der Waals surface area contributed by atoms with Crippen molar-refractivity contribution in [2.75, 3.05) is 13.1 Å². The molecule has 0 fully saturated rings. The van der Waals surface area contributed by atoms with Gasteiger partial charge in [-0.25, -0.2) is 4.39 Å². The highest BCUT2D eigenvalue weighted by molar-refractivity contribution is 5.96. The Kier molecular flexibility index (Phi) is 4.47. The second-order valence-corrected chi connectivity index (χ2v) is 4.32. The third-order valence-corrected chi connectivity index (χ3v) is 2.95. The lowest BCUT2D eigenvalue weighted by atomic mass is 10.2. The van der Waals surface area contributed by atoms with Gasteiger partial charge >= 0.3 is 0 Å². The second-order valence-electron chi connectivity index (χ2n) is 4.32. The molecule has 0 bridgehead atoms. The molecule has 100 valence electrons. The van der Waals surface area contributed by atoms with Gasteiger partial charge in [-0.2, -0.15) is 0 Å². The summed E-state index contributed by atoms with van der Waals surface area (Å²) in [5, 5.41) is 3.00. The summed E-state index contributed by atoms with van der Waals surface area (Å²) < 4.78 is 15.4. The van der Waals surface area contributed by atoms with Crippen LogP contribution in [0.3, 0.4) is 0 Å². The molecule has 3 nitrogen and oxygen atoms in total. The van der Waals surface area contributed by atoms with E-state index in [0.29, 0.717) is 24.3 Å². The number of halogens is 1. The number of aromatic nitrogens is 1. The van der Waals surface area contributed by atoms with Crippen LogP contribution < -0.4 is 5.32 Å². The topological polar surface area (TPSA) is 34.0 Å². The van der Waals surface area contributed by atoms with Crippen LogP contribution in [0.1, 0.15) is 23.0 Å². The van der Waals surface area contributed by atoms with Crippen LogP contribution in [-0.2, 0) is 6.54 Å². The van der Waals surface area contributed by atoms with E-state index in [1.54, 1.807) is 41.1 Å². The number of carbonyl (C=O) groups excluding carboxylic acids is 1. The van der Waals surface area contributed by atoms with Gasteiger partial charge in [-0.3, -0.25) is 4.79 Å². The number of likely N-dealkylation sites (N-methyl/N-ethyl adjacent to an activating group) is 1. The molecule has 0 aliphatic carbocycles. The average molecular weight is 260 g/mol. The normalized spacial score (nSPS) is 10.6. The first kappa shape index (κ1) is 13.5. The zero-order chi connectivity index (χ0) is 13.7. The van der Waals surface area contributed by atoms with E-state index >= 15 is 0 Å². The fourth-order valence-corrected chi connectivity index (χ4v) is 1.94. The Balaban J connectivity index is 2.16. The molecule has 0 aliphatic rings. The van der Waals surface area contributed by atoms with Gasteiger partial charge in [-0.1, -0.05) is 25.1 Å². The molecule has 1 aromatic heterocycles.